The molecule has 2 atom stereocenters. The van der Waals surface area contributed by atoms with Gasteiger partial charge in [0, 0.05) is 0 Å². The Hall–Kier alpha value is -1.09. The van der Waals surface area contributed by atoms with Crippen molar-refractivity contribution in [3.8, 4) is 5.75 Å². The molecule has 0 spiro atoms. The third-order valence-electron chi connectivity index (χ3n) is 3.66. The van der Waals surface area contributed by atoms with Gasteiger partial charge in [0.1, 0.15) is 0 Å². The second-order valence-corrected chi connectivity index (χ2v) is 5.06. The van der Waals surface area contributed by atoms with Gasteiger partial charge in [-0.15, -0.1) is 0 Å². The highest BCUT2D eigenvalue weighted by atomic mass is 19.1. The van der Waals surface area contributed by atoms with Gasteiger partial charge in [-0.3, -0.25) is 0 Å². The summed E-state index contributed by atoms with van der Waals surface area (Å²) in [5.74, 6) is 0.320. The smallest absolute Gasteiger partial charge is 0.165 e. The molecule has 2 nitrogen and oxygen atoms in total. The van der Waals surface area contributed by atoms with Crippen LogP contribution < -0.4 is 4.74 Å². The summed E-state index contributed by atoms with van der Waals surface area (Å²) in [5.41, 5.74) is 0.730. The fourth-order valence-electron chi connectivity index (χ4n) is 2.32. The molecule has 0 fully saturated rings. The lowest BCUT2D eigenvalue weighted by Crippen LogP contribution is -2.07. The number of aliphatic hydroxyl groups is 1. The quantitative estimate of drug-likeness (QED) is 0.753. The van der Waals surface area contributed by atoms with Crippen molar-refractivity contribution in [1.82, 2.24) is 0 Å². The molecule has 108 valence electrons. The van der Waals surface area contributed by atoms with Crippen LogP contribution >= 0.6 is 0 Å². The topological polar surface area (TPSA) is 29.5 Å². The highest BCUT2D eigenvalue weighted by Crippen LogP contribution is 2.29. The van der Waals surface area contributed by atoms with E-state index in [4.69, 9.17) is 4.74 Å². The summed E-state index contributed by atoms with van der Waals surface area (Å²) in [5, 5.41) is 10.3. The third kappa shape index (κ3) is 4.83. The number of hydrogen-bond donors (Lipinski definition) is 1. The molecule has 0 amide bonds. The van der Waals surface area contributed by atoms with E-state index in [1.807, 2.05) is 0 Å². The monoisotopic (exact) mass is 268 g/mol. The van der Waals surface area contributed by atoms with Gasteiger partial charge in [-0.2, -0.15) is 0 Å². The van der Waals surface area contributed by atoms with E-state index in [0.29, 0.717) is 5.92 Å². The molecule has 1 N–H and O–H groups in total. The van der Waals surface area contributed by atoms with Gasteiger partial charge in [0.25, 0.3) is 0 Å². The first-order valence-corrected chi connectivity index (χ1v) is 7.13. The van der Waals surface area contributed by atoms with Crippen LogP contribution in [0.2, 0.25) is 0 Å². The third-order valence-corrected chi connectivity index (χ3v) is 3.66. The fraction of sp³-hybridized carbons (Fsp3) is 0.625. The maximum absolute atomic E-state index is 13.3. The molecule has 0 radical (unpaired) electrons. The number of unbranched alkanes of at least 4 members (excludes halogenated alkanes) is 1. The van der Waals surface area contributed by atoms with Gasteiger partial charge < -0.3 is 9.84 Å². The number of halogens is 1. The first kappa shape index (κ1) is 16.0. The van der Waals surface area contributed by atoms with Gasteiger partial charge in [-0.05, 0) is 30.0 Å². The Morgan fingerprint density at radius 3 is 2.63 bits per heavy atom. The van der Waals surface area contributed by atoms with Crippen molar-refractivity contribution in [2.24, 2.45) is 5.92 Å². The van der Waals surface area contributed by atoms with Crippen LogP contribution in [0.1, 0.15) is 57.6 Å². The normalized spacial score (nSPS) is 14.2. The maximum Gasteiger partial charge on any atom is 0.165 e. The first-order valence-electron chi connectivity index (χ1n) is 7.13. The maximum atomic E-state index is 13.3. The lowest BCUT2D eigenvalue weighted by atomic mass is 9.90. The second kappa shape index (κ2) is 8.16. The Labute approximate surface area is 115 Å². The van der Waals surface area contributed by atoms with E-state index in [1.54, 1.807) is 12.1 Å². The van der Waals surface area contributed by atoms with Gasteiger partial charge in [0.05, 0.1) is 13.2 Å². The van der Waals surface area contributed by atoms with E-state index in [-0.39, 0.29) is 5.75 Å². The largest absolute Gasteiger partial charge is 0.494 e. The van der Waals surface area contributed by atoms with Crippen LogP contribution in [0.15, 0.2) is 18.2 Å². The lowest BCUT2D eigenvalue weighted by molar-refractivity contribution is 0.138. The first-order chi connectivity index (χ1) is 9.12. The van der Waals surface area contributed by atoms with E-state index in [2.05, 4.69) is 13.8 Å². The molecule has 0 saturated carbocycles. The minimum Gasteiger partial charge on any atom is -0.494 e. The summed E-state index contributed by atoms with van der Waals surface area (Å²) in [7, 11) is 1.44. The zero-order valence-electron chi connectivity index (χ0n) is 12.2. The number of aliphatic hydroxyl groups excluding tert-OH is 1. The Morgan fingerprint density at radius 2 is 2.05 bits per heavy atom. The van der Waals surface area contributed by atoms with Crippen LogP contribution in [0.4, 0.5) is 4.39 Å². The summed E-state index contributed by atoms with van der Waals surface area (Å²) in [6.45, 7) is 4.33. The van der Waals surface area contributed by atoms with Crippen molar-refractivity contribution in [2.45, 2.75) is 52.1 Å². The van der Waals surface area contributed by atoms with Crippen LogP contribution in [0.25, 0.3) is 0 Å². The minimum atomic E-state index is -0.545. The number of benzene rings is 1. The van der Waals surface area contributed by atoms with Crippen LogP contribution in [0.5, 0.6) is 5.75 Å². The zero-order valence-corrected chi connectivity index (χ0v) is 12.2. The molecule has 0 aromatic heterocycles. The Kier molecular flexibility index (Phi) is 6.85. The highest BCUT2D eigenvalue weighted by Gasteiger charge is 2.16. The van der Waals surface area contributed by atoms with Gasteiger partial charge in [0.15, 0.2) is 11.6 Å². The van der Waals surface area contributed by atoms with Gasteiger partial charge in [-0.25, -0.2) is 4.39 Å². The molecule has 3 heteroatoms. The molecule has 1 aromatic carbocycles. The molecule has 0 saturated heterocycles. The number of hydrogen-bond acceptors (Lipinski definition) is 2. The van der Waals surface area contributed by atoms with Crippen molar-refractivity contribution in [3.05, 3.63) is 29.6 Å². The molecule has 0 bridgehead atoms. The average molecular weight is 268 g/mol. The summed E-state index contributed by atoms with van der Waals surface area (Å²) in [6, 6.07) is 4.58. The van der Waals surface area contributed by atoms with Crippen LogP contribution in [0, 0.1) is 11.7 Å². The van der Waals surface area contributed by atoms with Gasteiger partial charge >= 0.3 is 0 Å². The highest BCUT2D eigenvalue weighted by molar-refractivity contribution is 5.31. The van der Waals surface area contributed by atoms with Crippen molar-refractivity contribution < 1.29 is 14.2 Å². The molecular weight excluding hydrogens is 243 g/mol. The molecular formula is C16H25FO2. The Balaban J connectivity index is 2.68. The van der Waals surface area contributed by atoms with Crippen molar-refractivity contribution in [2.75, 3.05) is 7.11 Å². The van der Waals surface area contributed by atoms with Crippen molar-refractivity contribution in [3.63, 3.8) is 0 Å². The molecule has 0 aliphatic carbocycles. The number of ether oxygens (including phenoxy) is 1. The minimum absolute atomic E-state index is 0.193. The Morgan fingerprint density at radius 1 is 1.32 bits per heavy atom. The van der Waals surface area contributed by atoms with Gasteiger partial charge in [-0.1, -0.05) is 45.6 Å². The number of methoxy groups -OCH3 is 1. The molecule has 19 heavy (non-hydrogen) atoms. The van der Waals surface area contributed by atoms with Crippen LogP contribution in [-0.4, -0.2) is 12.2 Å². The van der Waals surface area contributed by atoms with Crippen molar-refractivity contribution in [1.29, 1.82) is 0 Å². The molecule has 0 aliphatic rings. The average Bonchev–Trinajstić information content (AvgIpc) is 2.43. The summed E-state index contributed by atoms with van der Waals surface area (Å²) >= 11 is 0. The summed E-state index contributed by atoms with van der Waals surface area (Å²) in [4.78, 5) is 0. The molecule has 1 rings (SSSR count). The summed E-state index contributed by atoms with van der Waals surface area (Å²) in [6.07, 6.45) is 4.76. The van der Waals surface area contributed by atoms with E-state index < -0.39 is 11.9 Å². The standard InChI is InChI=1S/C16H25FO2/c1-4-6-7-12(5-2)10-15(18)13-8-9-14(17)16(11-13)19-3/h8-9,11-12,15,18H,4-7,10H2,1-3H3. The predicted molar refractivity (Wildman–Crippen MR) is 75.8 cm³/mol. The number of rotatable bonds is 8. The second-order valence-electron chi connectivity index (χ2n) is 5.06. The lowest BCUT2D eigenvalue weighted by Gasteiger charge is -2.19. The van der Waals surface area contributed by atoms with Gasteiger partial charge in [0.2, 0.25) is 0 Å². The molecule has 1 aromatic rings. The van der Waals surface area contributed by atoms with E-state index in [9.17, 15) is 9.50 Å². The fourth-order valence-corrected chi connectivity index (χ4v) is 2.32. The SMILES string of the molecule is CCCCC(CC)CC(O)c1ccc(F)c(OC)c1. The van der Waals surface area contributed by atoms with Crippen LogP contribution in [-0.2, 0) is 0 Å². The zero-order chi connectivity index (χ0) is 14.3. The predicted octanol–water partition coefficient (Wildman–Crippen LogP) is 4.47. The van der Waals surface area contributed by atoms with Crippen molar-refractivity contribution >= 4 is 0 Å². The molecule has 0 heterocycles. The van der Waals surface area contributed by atoms with E-state index >= 15 is 0 Å². The summed E-state index contributed by atoms with van der Waals surface area (Å²) < 4.78 is 18.3. The molecule has 2 unspecified atom stereocenters. The molecule has 0 aliphatic heterocycles. The van der Waals surface area contributed by atoms with E-state index in [0.717, 1.165) is 24.8 Å². The Bertz CT molecular complexity index is 379. The van der Waals surface area contributed by atoms with E-state index in [1.165, 1.54) is 26.0 Å². The van der Waals surface area contributed by atoms with Crippen LogP contribution in [0.3, 0.4) is 0 Å².